The molecule has 1 fully saturated rings. The number of nitrogens with two attached hydrogens (primary N) is 1. The van der Waals surface area contributed by atoms with Gasteiger partial charge in [-0.15, -0.1) is 0 Å². The Morgan fingerprint density at radius 1 is 1.19 bits per heavy atom. The van der Waals surface area contributed by atoms with Gasteiger partial charge in [-0.3, -0.25) is 4.79 Å². The molecule has 0 aromatic heterocycles. The van der Waals surface area contributed by atoms with Gasteiger partial charge >= 0.3 is 0 Å². The lowest BCUT2D eigenvalue weighted by Gasteiger charge is -2.26. The minimum atomic E-state index is -0.445. The van der Waals surface area contributed by atoms with Crippen LogP contribution in [0, 0.1) is 16.2 Å². The number of rotatable bonds is 2. The molecular formula is C13H26N2O. The summed E-state index contributed by atoms with van der Waals surface area (Å²) < 4.78 is 0. The van der Waals surface area contributed by atoms with Crippen LogP contribution in [0.3, 0.4) is 0 Å². The maximum Gasteiger partial charge on any atom is 0.237 e. The minimum Gasteiger partial charge on any atom is -0.351 e. The van der Waals surface area contributed by atoms with E-state index in [-0.39, 0.29) is 28.2 Å². The maximum absolute atomic E-state index is 12.0. The molecule has 94 valence electrons. The Morgan fingerprint density at radius 2 is 1.56 bits per heavy atom. The largest absolute Gasteiger partial charge is 0.351 e. The van der Waals surface area contributed by atoms with Crippen LogP contribution < -0.4 is 11.1 Å². The molecule has 16 heavy (non-hydrogen) atoms. The Morgan fingerprint density at radius 3 is 1.81 bits per heavy atom. The van der Waals surface area contributed by atoms with E-state index in [4.69, 9.17) is 5.73 Å². The summed E-state index contributed by atoms with van der Waals surface area (Å²) in [7, 11) is 0. The zero-order valence-electron chi connectivity index (χ0n) is 11.6. The van der Waals surface area contributed by atoms with E-state index >= 15 is 0 Å². The Balaban J connectivity index is 2.62. The fourth-order valence-electron chi connectivity index (χ4n) is 2.18. The first kappa shape index (κ1) is 13.5. The first-order valence-electron chi connectivity index (χ1n) is 5.98. The second-order valence-electron chi connectivity index (χ2n) is 7.23. The van der Waals surface area contributed by atoms with Crippen molar-refractivity contribution >= 4 is 5.91 Å². The van der Waals surface area contributed by atoms with Crippen LogP contribution in [0.25, 0.3) is 0 Å². The topological polar surface area (TPSA) is 55.1 Å². The van der Waals surface area contributed by atoms with Crippen LogP contribution in [0.4, 0.5) is 0 Å². The number of carbonyl (C=O) groups is 1. The first-order valence-corrected chi connectivity index (χ1v) is 5.98. The molecule has 0 aliphatic heterocycles. The van der Waals surface area contributed by atoms with E-state index in [1.54, 1.807) is 0 Å². The molecule has 0 spiro atoms. The van der Waals surface area contributed by atoms with Crippen molar-refractivity contribution in [2.24, 2.45) is 22.0 Å². The molecule has 0 heterocycles. The fourth-order valence-corrected chi connectivity index (χ4v) is 2.18. The van der Waals surface area contributed by atoms with Crippen molar-refractivity contribution in [3.63, 3.8) is 0 Å². The van der Waals surface area contributed by atoms with Gasteiger partial charge in [-0.2, -0.15) is 0 Å². The van der Waals surface area contributed by atoms with E-state index in [0.29, 0.717) is 0 Å². The molecule has 0 bridgehead atoms. The standard InChI is InChI=1S/C13H26N2O/c1-11(2,3)8(14)9(16)15-10-12(4,5)13(10,6)7/h8,10H,14H2,1-7H3,(H,15,16)/t8-/m0/s1. The molecule has 0 aromatic rings. The summed E-state index contributed by atoms with van der Waals surface area (Å²) in [5.41, 5.74) is 6.08. The van der Waals surface area contributed by atoms with Crippen molar-refractivity contribution in [1.29, 1.82) is 0 Å². The molecule has 1 atom stereocenters. The normalized spacial score (nSPS) is 25.0. The third-order valence-electron chi connectivity index (χ3n) is 4.52. The van der Waals surface area contributed by atoms with Crippen LogP contribution in [-0.4, -0.2) is 18.0 Å². The fraction of sp³-hybridized carbons (Fsp3) is 0.923. The first-order chi connectivity index (χ1) is 6.92. The summed E-state index contributed by atoms with van der Waals surface area (Å²) in [4.78, 5) is 12.0. The van der Waals surface area contributed by atoms with E-state index in [9.17, 15) is 4.79 Å². The molecule has 0 unspecified atom stereocenters. The maximum atomic E-state index is 12.0. The summed E-state index contributed by atoms with van der Waals surface area (Å²) in [5.74, 6) is -0.0313. The summed E-state index contributed by atoms with van der Waals surface area (Å²) in [6, 6.07) is -0.208. The van der Waals surface area contributed by atoms with Gasteiger partial charge in [-0.25, -0.2) is 0 Å². The van der Waals surface area contributed by atoms with Crippen LogP contribution in [0.2, 0.25) is 0 Å². The number of amides is 1. The monoisotopic (exact) mass is 226 g/mol. The van der Waals surface area contributed by atoms with E-state index < -0.39 is 6.04 Å². The highest BCUT2D eigenvalue weighted by atomic mass is 16.2. The molecule has 0 radical (unpaired) electrons. The quantitative estimate of drug-likeness (QED) is 0.755. The smallest absolute Gasteiger partial charge is 0.237 e. The van der Waals surface area contributed by atoms with E-state index in [1.807, 2.05) is 20.8 Å². The van der Waals surface area contributed by atoms with Gasteiger partial charge in [-0.05, 0) is 16.2 Å². The van der Waals surface area contributed by atoms with Crippen molar-refractivity contribution in [1.82, 2.24) is 5.32 Å². The van der Waals surface area contributed by atoms with Crippen LogP contribution in [0.1, 0.15) is 48.5 Å². The third-order valence-corrected chi connectivity index (χ3v) is 4.52. The van der Waals surface area contributed by atoms with E-state index in [1.165, 1.54) is 0 Å². The highest BCUT2D eigenvalue weighted by Gasteiger charge is 2.65. The van der Waals surface area contributed by atoms with E-state index in [2.05, 4.69) is 33.0 Å². The summed E-state index contributed by atoms with van der Waals surface area (Å²) in [5, 5.41) is 3.08. The van der Waals surface area contributed by atoms with Crippen molar-refractivity contribution in [3.8, 4) is 0 Å². The van der Waals surface area contributed by atoms with Crippen molar-refractivity contribution in [2.45, 2.75) is 60.5 Å². The average molecular weight is 226 g/mol. The molecule has 0 saturated heterocycles. The van der Waals surface area contributed by atoms with Crippen LogP contribution in [0.15, 0.2) is 0 Å². The van der Waals surface area contributed by atoms with Gasteiger partial charge in [0, 0.05) is 6.04 Å². The minimum absolute atomic E-state index is 0.0313. The van der Waals surface area contributed by atoms with Crippen molar-refractivity contribution in [2.75, 3.05) is 0 Å². The number of hydrogen-bond acceptors (Lipinski definition) is 2. The Labute approximate surface area is 99.2 Å². The highest BCUT2D eigenvalue weighted by Crippen LogP contribution is 2.62. The van der Waals surface area contributed by atoms with Gasteiger partial charge < -0.3 is 11.1 Å². The lowest BCUT2D eigenvalue weighted by Crippen LogP contribution is -2.50. The van der Waals surface area contributed by atoms with Gasteiger partial charge in [0.05, 0.1) is 6.04 Å². The van der Waals surface area contributed by atoms with Gasteiger partial charge in [0.2, 0.25) is 5.91 Å². The number of hydrogen-bond donors (Lipinski definition) is 2. The second kappa shape index (κ2) is 3.46. The molecule has 3 nitrogen and oxygen atoms in total. The zero-order valence-corrected chi connectivity index (χ0v) is 11.6. The molecule has 1 rings (SSSR count). The lowest BCUT2D eigenvalue weighted by molar-refractivity contribution is -0.124. The summed E-state index contributed by atoms with van der Waals surface area (Å²) in [6.07, 6.45) is 0. The average Bonchev–Trinajstić information content (AvgIpc) is 2.45. The van der Waals surface area contributed by atoms with Gasteiger partial charge in [0.1, 0.15) is 0 Å². The SMILES string of the molecule is CC(C)(C)[C@@H](N)C(=O)NC1C(C)(C)C1(C)C. The summed E-state index contributed by atoms with van der Waals surface area (Å²) in [6.45, 7) is 14.7. The Hall–Kier alpha value is -0.570. The molecule has 1 saturated carbocycles. The number of carbonyl (C=O) groups excluding carboxylic acids is 1. The molecule has 1 aliphatic carbocycles. The third kappa shape index (κ3) is 1.97. The van der Waals surface area contributed by atoms with Crippen LogP contribution in [-0.2, 0) is 4.79 Å². The number of nitrogens with one attached hydrogen (secondary N) is 1. The highest BCUT2D eigenvalue weighted by molar-refractivity contribution is 5.83. The zero-order chi connectivity index (χ0) is 12.9. The summed E-state index contributed by atoms with van der Waals surface area (Å²) >= 11 is 0. The molecule has 3 heteroatoms. The van der Waals surface area contributed by atoms with Gasteiger partial charge in [0.25, 0.3) is 0 Å². The predicted octanol–water partition coefficient (Wildman–Crippen LogP) is 1.91. The predicted molar refractivity (Wildman–Crippen MR) is 66.9 cm³/mol. The molecule has 1 amide bonds. The lowest BCUT2D eigenvalue weighted by atomic mass is 9.87. The molecular weight excluding hydrogens is 200 g/mol. The van der Waals surface area contributed by atoms with Crippen molar-refractivity contribution in [3.05, 3.63) is 0 Å². The van der Waals surface area contributed by atoms with Gasteiger partial charge in [0.15, 0.2) is 0 Å². The Bertz CT molecular complexity index is 286. The van der Waals surface area contributed by atoms with Crippen molar-refractivity contribution < 1.29 is 4.79 Å². The molecule has 1 aliphatic rings. The second-order valence-corrected chi connectivity index (χ2v) is 7.23. The van der Waals surface area contributed by atoms with Crippen LogP contribution in [0.5, 0.6) is 0 Å². The van der Waals surface area contributed by atoms with E-state index in [0.717, 1.165) is 0 Å². The molecule has 0 aromatic carbocycles. The molecule has 3 N–H and O–H groups in total. The van der Waals surface area contributed by atoms with Gasteiger partial charge in [-0.1, -0.05) is 48.5 Å². The van der Waals surface area contributed by atoms with Crippen LogP contribution >= 0.6 is 0 Å². The Kier molecular flexibility index (Phi) is 2.92.